The van der Waals surface area contributed by atoms with Crippen molar-refractivity contribution in [1.82, 2.24) is 15.3 Å². The van der Waals surface area contributed by atoms with Crippen LogP contribution >= 0.6 is 7.60 Å². The normalized spacial score (nSPS) is 17.7. The highest BCUT2D eigenvalue weighted by atomic mass is 31.2. The van der Waals surface area contributed by atoms with Crippen LogP contribution in [0.1, 0.15) is 44.2 Å². The molecule has 0 aliphatic carbocycles. The third-order valence-electron chi connectivity index (χ3n) is 6.57. The monoisotopic (exact) mass is 487 g/mol. The molecule has 2 N–H and O–H groups in total. The summed E-state index contributed by atoms with van der Waals surface area (Å²) in [7, 11) is -3.14. The number of piperidine rings is 1. The highest BCUT2D eigenvalue weighted by Gasteiger charge is 2.44. The van der Waals surface area contributed by atoms with Crippen molar-refractivity contribution in [2.24, 2.45) is 5.41 Å². The zero-order valence-electron chi connectivity index (χ0n) is 20.2. The van der Waals surface area contributed by atoms with E-state index in [1.54, 1.807) is 0 Å². The summed E-state index contributed by atoms with van der Waals surface area (Å²) in [4.78, 5) is 23.8. The lowest BCUT2D eigenvalue weighted by Crippen LogP contribution is -2.44. The van der Waals surface area contributed by atoms with Gasteiger partial charge in [0.1, 0.15) is 5.82 Å². The third-order valence-corrected chi connectivity index (χ3v) is 8.63. The molecule has 0 bridgehead atoms. The highest BCUT2D eigenvalue weighted by Crippen LogP contribution is 2.51. The zero-order valence-corrected chi connectivity index (χ0v) is 21.1. The molecule has 184 valence electrons. The largest absolute Gasteiger partial charge is 0.356 e. The Hall–Kier alpha value is -2.48. The predicted molar refractivity (Wildman–Crippen MR) is 133 cm³/mol. The number of amides is 1. The maximum absolute atomic E-state index is 12.8. The molecule has 3 heterocycles. The average Bonchev–Trinajstić information content (AvgIpc) is 3.17. The van der Waals surface area contributed by atoms with E-state index < -0.39 is 7.60 Å². The summed E-state index contributed by atoms with van der Waals surface area (Å²) in [6.07, 6.45) is 4.68. The quantitative estimate of drug-likeness (QED) is 0.502. The summed E-state index contributed by atoms with van der Waals surface area (Å²) in [5.74, 6) is 1.62. The van der Waals surface area contributed by atoms with Crippen molar-refractivity contribution >= 4 is 31.0 Å². The SMILES string of the molecule is CCOP(=O)(Cc1ccc(Nc2ncc(C)c(N3CCC4(CCNC4=O)CC3)n2)cc1)OCC. The minimum absolute atomic E-state index is 0.200. The number of hydrogen-bond acceptors (Lipinski definition) is 8. The van der Waals surface area contributed by atoms with Gasteiger partial charge in [0.25, 0.3) is 0 Å². The lowest BCUT2D eigenvalue weighted by atomic mass is 9.77. The minimum atomic E-state index is -3.14. The summed E-state index contributed by atoms with van der Waals surface area (Å²) in [6, 6.07) is 7.62. The van der Waals surface area contributed by atoms with Gasteiger partial charge in [-0.05, 0) is 57.7 Å². The number of benzene rings is 1. The lowest BCUT2D eigenvalue weighted by molar-refractivity contribution is -0.128. The summed E-state index contributed by atoms with van der Waals surface area (Å²) in [5, 5.41) is 6.25. The molecule has 1 aromatic heterocycles. The highest BCUT2D eigenvalue weighted by molar-refractivity contribution is 7.53. The zero-order chi connectivity index (χ0) is 24.2. The molecular weight excluding hydrogens is 453 g/mol. The topological polar surface area (TPSA) is 106 Å². The molecule has 2 aliphatic heterocycles. The molecule has 4 rings (SSSR count). The molecule has 34 heavy (non-hydrogen) atoms. The Balaban J connectivity index is 1.41. The summed E-state index contributed by atoms with van der Waals surface area (Å²) in [5.41, 5.74) is 2.52. The first-order chi connectivity index (χ1) is 16.4. The fourth-order valence-electron chi connectivity index (χ4n) is 4.72. The number of hydrogen-bond donors (Lipinski definition) is 2. The molecule has 10 heteroatoms. The number of carbonyl (C=O) groups excluding carboxylic acids is 1. The molecule has 1 aromatic carbocycles. The predicted octanol–water partition coefficient (Wildman–Crippen LogP) is 4.40. The van der Waals surface area contributed by atoms with Crippen LogP contribution in [-0.2, 0) is 24.6 Å². The molecule has 2 fully saturated rings. The fraction of sp³-hybridized carbons (Fsp3) is 0.542. The summed E-state index contributed by atoms with van der Waals surface area (Å²) < 4.78 is 23.5. The van der Waals surface area contributed by atoms with Crippen LogP contribution in [0.5, 0.6) is 0 Å². The van der Waals surface area contributed by atoms with Gasteiger partial charge in [-0.15, -0.1) is 0 Å². The van der Waals surface area contributed by atoms with Crippen molar-refractivity contribution < 1.29 is 18.4 Å². The molecule has 0 unspecified atom stereocenters. The number of nitrogens with one attached hydrogen (secondary N) is 2. The third kappa shape index (κ3) is 5.43. The maximum atomic E-state index is 12.8. The molecule has 0 saturated carbocycles. The Kier molecular flexibility index (Phi) is 7.55. The Morgan fingerprint density at radius 3 is 2.38 bits per heavy atom. The molecular formula is C24H34N5O4P. The molecule has 0 radical (unpaired) electrons. The van der Waals surface area contributed by atoms with E-state index in [2.05, 4.69) is 20.5 Å². The smallest absolute Gasteiger partial charge is 0.335 e. The molecule has 1 amide bonds. The van der Waals surface area contributed by atoms with Gasteiger partial charge in [-0.25, -0.2) is 4.98 Å². The maximum Gasteiger partial charge on any atom is 0.335 e. The van der Waals surface area contributed by atoms with Gasteiger partial charge in [-0.1, -0.05) is 12.1 Å². The van der Waals surface area contributed by atoms with Gasteiger partial charge in [-0.2, -0.15) is 4.98 Å². The molecule has 2 saturated heterocycles. The van der Waals surface area contributed by atoms with E-state index in [0.717, 1.165) is 61.5 Å². The number of aryl methyl sites for hydroxylation is 1. The van der Waals surface area contributed by atoms with Gasteiger partial charge in [0.2, 0.25) is 11.9 Å². The first kappa shape index (κ1) is 24.6. The number of anilines is 3. The Labute approximate surface area is 201 Å². The van der Waals surface area contributed by atoms with Crippen LogP contribution in [-0.4, -0.2) is 48.7 Å². The van der Waals surface area contributed by atoms with Crippen LogP contribution in [0.3, 0.4) is 0 Å². The summed E-state index contributed by atoms with van der Waals surface area (Å²) >= 11 is 0. The van der Waals surface area contributed by atoms with Gasteiger partial charge in [0.15, 0.2) is 0 Å². The van der Waals surface area contributed by atoms with Crippen molar-refractivity contribution in [3.8, 4) is 0 Å². The second-order valence-electron chi connectivity index (χ2n) is 8.90. The second-order valence-corrected chi connectivity index (χ2v) is 11.0. The van der Waals surface area contributed by atoms with E-state index in [4.69, 9.17) is 14.0 Å². The van der Waals surface area contributed by atoms with Crippen molar-refractivity contribution in [2.45, 2.75) is 46.2 Å². The van der Waals surface area contributed by atoms with Gasteiger partial charge in [0, 0.05) is 37.1 Å². The van der Waals surface area contributed by atoms with Crippen molar-refractivity contribution in [3.63, 3.8) is 0 Å². The Bertz CT molecular complexity index is 1040. The van der Waals surface area contributed by atoms with Crippen LogP contribution in [0.2, 0.25) is 0 Å². The van der Waals surface area contributed by atoms with E-state index >= 15 is 0 Å². The fourth-order valence-corrected chi connectivity index (χ4v) is 6.42. The van der Waals surface area contributed by atoms with Crippen molar-refractivity contribution in [3.05, 3.63) is 41.6 Å². The standard InChI is InChI=1S/C24H34N5O4P/c1-4-32-34(31,33-5-2)17-19-6-8-20(9-7-19)27-23-26-16-18(3)21(28-23)29-14-11-24(12-15-29)10-13-25-22(24)30/h6-9,16H,4-5,10-15,17H2,1-3H3,(H,25,30)(H,26,27,28). The van der Waals surface area contributed by atoms with E-state index in [0.29, 0.717) is 19.2 Å². The first-order valence-electron chi connectivity index (χ1n) is 12.0. The van der Waals surface area contributed by atoms with E-state index in [1.165, 1.54) is 0 Å². The second kappa shape index (κ2) is 10.4. The number of carbonyl (C=O) groups is 1. The Morgan fingerprint density at radius 1 is 1.12 bits per heavy atom. The van der Waals surface area contributed by atoms with Gasteiger partial charge in [-0.3, -0.25) is 9.36 Å². The van der Waals surface area contributed by atoms with Crippen molar-refractivity contribution in [2.75, 3.05) is 43.1 Å². The number of aromatic nitrogens is 2. The molecule has 2 aromatic rings. The average molecular weight is 488 g/mol. The number of nitrogens with zero attached hydrogens (tertiary/aromatic N) is 3. The first-order valence-corrected chi connectivity index (χ1v) is 13.7. The number of rotatable bonds is 9. The van der Waals surface area contributed by atoms with Crippen LogP contribution in [0.25, 0.3) is 0 Å². The molecule has 0 atom stereocenters. The van der Waals surface area contributed by atoms with Crippen LogP contribution in [0.4, 0.5) is 17.5 Å². The molecule has 1 spiro atoms. The van der Waals surface area contributed by atoms with Crippen molar-refractivity contribution in [1.29, 1.82) is 0 Å². The Morgan fingerprint density at radius 2 is 1.79 bits per heavy atom. The lowest BCUT2D eigenvalue weighted by Gasteiger charge is -2.38. The van der Waals surface area contributed by atoms with E-state index in [1.807, 2.05) is 51.2 Å². The summed E-state index contributed by atoms with van der Waals surface area (Å²) in [6.45, 7) is 8.70. The van der Waals surface area contributed by atoms with Crippen LogP contribution < -0.4 is 15.5 Å². The van der Waals surface area contributed by atoms with Gasteiger partial charge >= 0.3 is 7.60 Å². The van der Waals surface area contributed by atoms with E-state index in [9.17, 15) is 9.36 Å². The van der Waals surface area contributed by atoms with Crippen LogP contribution in [0, 0.1) is 12.3 Å². The van der Waals surface area contributed by atoms with E-state index in [-0.39, 0.29) is 17.5 Å². The van der Waals surface area contributed by atoms with Gasteiger partial charge < -0.3 is 24.6 Å². The molecule has 9 nitrogen and oxygen atoms in total. The minimum Gasteiger partial charge on any atom is -0.356 e. The van der Waals surface area contributed by atoms with Crippen LogP contribution in [0.15, 0.2) is 30.5 Å². The molecule has 2 aliphatic rings. The van der Waals surface area contributed by atoms with Gasteiger partial charge in [0.05, 0.1) is 24.8 Å².